The molecule has 0 aromatic heterocycles. The van der Waals surface area contributed by atoms with Crippen molar-refractivity contribution in [2.45, 2.75) is 32.7 Å². The van der Waals surface area contributed by atoms with Gasteiger partial charge >= 0.3 is 0 Å². The average Bonchev–Trinajstić information content (AvgIpc) is 2.46. The Morgan fingerprint density at radius 3 is 2.57 bits per heavy atom. The molecule has 110 valence electrons. The summed E-state index contributed by atoms with van der Waals surface area (Å²) in [7, 11) is 0. The quantitative estimate of drug-likeness (QED) is 0.826. The Kier molecular flexibility index (Phi) is 4.99. The van der Waals surface area contributed by atoms with Crippen molar-refractivity contribution >= 4 is 11.6 Å². The van der Waals surface area contributed by atoms with E-state index in [9.17, 15) is 4.79 Å². The van der Waals surface area contributed by atoms with Gasteiger partial charge in [0.25, 0.3) is 0 Å². The first-order valence-corrected chi connectivity index (χ1v) is 7.25. The average molecular weight is 282 g/mol. The van der Waals surface area contributed by atoms with Crippen LogP contribution >= 0.6 is 0 Å². The second-order valence-electron chi connectivity index (χ2n) is 5.44. The molecule has 0 heterocycles. The van der Waals surface area contributed by atoms with E-state index in [4.69, 9.17) is 5.73 Å². The lowest BCUT2D eigenvalue weighted by molar-refractivity contribution is -0.121. The van der Waals surface area contributed by atoms with Gasteiger partial charge in [0.2, 0.25) is 5.91 Å². The molecule has 3 nitrogen and oxygen atoms in total. The van der Waals surface area contributed by atoms with Gasteiger partial charge in [-0.3, -0.25) is 4.79 Å². The number of hydrogen-bond donors (Lipinski definition) is 2. The summed E-state index contributed by atoms with van der Waals surface area (Å²) in [5, 5.41) is 3.02. The number of carbonyl (C=O) groups excluding carboxylic acids is 1. The van der Waals surface area contributed by atoms with E-state index in [1.165, 1.54) is 11.1 Å². The normalized spacial score (nSPS) is 11.9. The molecule has 0 aliphatic heterocycles. The largest absolute Gasteiger partial charge is 0.399 e. The molecule has 1 amide bonds. The molecule has 1 atom stereocenters. The van der Waals surface area contributed by atoms with E-state index in [1.807, 2.05) is 37.3 Å². The molecular formula is C18H22N2O. The predicted molar refractivity (Wildman–Crippen MR) is 86.9 cm³/mol. The molecule has 3 N–H and O–H groups in total. The van der Waals surface area contributed by atoms with E-state index in [0.717, 1.165) is 17.7 Å². The van der Waals surface area contributed by atoms with Gasteiger partial charge in [0.15, 0.2) is 0 Å². The third-order valence-corrected chi connectivity index (χ3v) is 3.54. The fourth-order valence-corrected chi connectivity index (χ4v) is 2.31. The lowest BCUT2D eigenvalue weighted by Crippen LogP contribution is -2.26. The summed E-state index contributed by atoms with van der Waals surface area (Å²) in [6.45, 7) is 4.04. The molecule has 0 radical (unpaired) electrons. The Morgan fingerprint density at radius 1 is 1.19 bits per heavy atom. The molecule has 0 aliphatic carbocycles. The smallest absolute Gasteiger partial charge is 0.220 e. The maximum atomic E-state index is 12.0. The highest BCUT2D eigenvalue weighted by Crippen LogP contribution is 2.14. The highest BCUT2D eigenvalue weighted by atomic mass is 16.1. The standard InChI is InChI=1S/C18H22N2O/c1-13-4-3-5-15(12-13)6-11-18(21)20-14(2)16-7-9-17(19)10-8-16/h3-5,7-10,12,14H,6,11,19H2,1-2H3,(H,20,21). The number of carbonyl (C=O) groups is 1. The van der Waals surface area contributed by atoms with E-state index in [0.29, 0.717) is 6.42 Å². The zero-order valence-electron chi connectivity index (χ0n) is 12.6. The van der Waals surface area contributed by atoms with Gasteiger partial charge in [-0.15, -0.1) is 0 Å². The van der Waals surface area contributed by atoms with E-state index in [-0.39, 0.29) is 11.9 Å². The molecule has 0 bridgehead atoms. The predicted octanol–water partition coefficient (Wildman–Crippen LogP) is 3.39. The Balaban J connectivity index is 1.85. The van der Waals surface area contributed by atoms with Crippen LogP contribution in [-0.2, 0) is 11.2 Å². The minimum atomic E-state index is -0.00407. The summed E-state index contributed by atoms with van der Waals surface area (Å²) in [4.78, 5) is 12.0. The van der Waals surface area contributed by atoms with Crippen LogP contribution in [0.5, 0.6) is 0 Å². The first kappa shape index (κ1) is 15.1. The second-order valence-corrected chi connectivity index (χ2v) is 5.44. The Bertz CT molecular complexity index is 605. The summed E-state index contributed by atoms with van der Waals surface area (Å²) in [6.07, 6.45) is 1.27. The Morgan fingerprint density at radius 2 is 1.90 bits per heavy atom. The van der Waals surface area contributed by atoms with Crippen LogP contribution in [0, 0.1) is 6.92 Å². The molecule has 2 rings (SSSR count). The van der Waals surface area contributed by atoms with Crippen molar-refractivity contribution in [3.8, 4) is 0 Å². The van der Waals surface area contributed by atoms with Crippen molar-refractivity contribution in [1.29, 1.82) is 0 Å². The number of nitrogen functional groups attached to an aromatic ring is 1. The van der Waals surface area contributed by atoms with Gasteiger partial charge < -0.3 is 11.1 Å². The minimum Gasteiger partial charge on any atom is -0.399 e. The summed E-state index contributed by atoms with van der Waals surface area (Å²) in [6, 6.07) is 15.9. The molecule has 2 aromatic carbocycles. The van der Waals surface area contributed by atoms with E-state index < -0.39 is 0 Å². The molecule has 0 spiro atoms. The van der Waals surface area contributed by atoms with Crippen LogP contribution in [0.25, 0.3) is 0 Å². The number of nitrogens with two attached hydrogens (primary N) is 1. The van der Waals surface area contributed by atoms with E-state index in [1.54, 1.807) is 0 Å². The molecule has 21 heavy (non-hydrogen) atoms. The highest BCUT2D eigenvalue weighted by Gasteiger charge is 2.09. The van der Waals surface area contributed by atoms with Crippen LogP contribution in [0.2, 0.25) is 0 Å². The maximum Gasteiger partial charge on any atom is 0.220 e. The molecule has 0 aliphatic rings. The van der Waals surface area contributed by atoms with E-state index in [2.05, 4.69) is 30.4 Å². The number of aryl methyl sites for hydroxylation is 2. The molecule has 1 unspecified atom stereocenters. The van der Waals surface area contributed by atoms with Gasteiger partial charge in [-0.2, -0.15) is 0 Å². The SMILES string of the molecule is Cc1cccc(CCC(=O)NC(C)c2ccc(N)cc2)c1. The van der Waals surface area contributed by atoms with Gasteiger partial charge in [0.05, 0.1) is 6.04 Å². The topological polar surface area (TPSA) is 55.1 Å². The van der Waals surface area contributed by atoms with Gasteiger partial charge in [-0.1, -0.05) is 42.0 Å². The van der Waals surface area contributed by atoms with Crippen LogP contribution in [0.1, 0.15) is 36.1 Å². The number of anilines is 1. The molecule has 3 heteroatoms. The van der Waals surface area contributed by atoms with Crippen molar-refractivity contribution in [3.63, 3.8) is 0 Å². The number of benzene rings is 2. The molecule has 0 fully saturated rings. The van der Waals surface area contributed by atoms with Gasteiger partial charge in [0.1, 0.15) is 0 Å². The van der Waals surface area contributed by atoms with Crippen molar-refractivity contribution in [2.24, 2.45) is 0 Å². The summed E-state index contributed by atoms with van der Waals surface area (Å²) in [5.74, 6) is 0.0702. The first-order chi connectivity index (χ1) is 10.0. The third-order valence-electron chi connectivity index (χ3n) is 3.54. The minimum absolute atomic E-state index is 0.00407. The Labute approximate surface area is 126 Å². The van der Waals surface area contributed by atoms with Crippen LogP contribution in [0.15, 0.2) is 48.5 Å². The van der Waals surface area contributed by atoms with E-state index >= 15 is 0 Å². The first-order valence-electron chi connectivity index (χ1n) is 7.25. The van der Waals surface area contributed by atoms with Crippen molar-refractivity contribution in [2.75, 3.05) is 5.73 Å². The number of rotatable bonds is 5. The summed E-state index contributed by atoms with van der Waals surface area (Å²) in [5.41, 5.74) is 9.89. The molecular weight excluding hydrogens is 260 g/mol. The lowest BCUT2D eigenvalue weighted by Gasteiger charge is -2.14. The zero-order valence-corrected chi connectivity index (χ0v) is 12.6. The third kappa shape index (κ3) is 4.63. The fraction of sp³-hybridized carbons (Fsp3) is 0.278. The van der Waals surface area contributed by atoms with Crippen molar-refractivity contribution < 1.29 is 4.79 Å². The maximum absolute atomic E-state index is 12.0. The lowest BCUT2D eigenvalue weighted by atomic mass is 10.1. The Hall–Kier alpha value is -2.29. The van der Waals surface area contributed by atoms with Crippen molar-refractivity contribution in [1.82, 2.24) is 5.32 Å². The number of hydrogen-bond acceptors (Lipinski definition) is 2. The zero-order chi connectivity index (χ0) is 15.2. The highest BCUT2D eigenvalue weighted by molar-refractivity contribution is 5.76. The van der Waals surface area contributed by atoms with Gasteiger partial charge in [-0.05, 0) is 43.5 Å². The second kappa shape index (κ2) is 6.93. The van der Waals surface area contributed by atoms with Crippen LogP contribution in [-0.4, -0.2) is 5.91 Å². The number of nitrogens with one attached hydrogen (secondary N) is 1. The van der Waals surface area contributed by atoms with Crippen LogP contribution < -0.4 is 11.1 Å². The van der Waals surface area contributed by atoms with Gasteiger partial charge in [0, 0.05) is 12.1 Å². The summed E-state index contributed by atoms with van der Waals surface area (Å²) < 4.78 is 0. The van der Waals surface area contributed by atoms with Crippen LogP contribution in [0.4, 0.5) is 5.69 Å². The molecule has 0 saturated carbocycles. The summed E-state index contributed by atoms with van der Waals surface area (Å²) >= 11 is 0. The fourth-order valence-electron chi connectivity index (χ4n) is 2.31. The monoisotopic (exact) mass is 282 g/mol. The van der Waals surface area contributed by atoms with Crippen molar-refractivity contribution in [3.05, 3.63) is 65.2 Å². The molecule has 0 saturated heterocycles. The van der Waals surface area contributed by atoms with Crippen LogP contribution in [0.3, 0.4) is 0 Å². The van der Waals surface area contributed by atoms with Gasteiger partial charge in [-0.25, -0.2) is 0 Å². The number of amides is 1. The molecule has 2 aromatic rings.